The van der Waals surface area contributed by atoms with Gasteiger partial charge in [-0.15, -0.1) is 12.0 Å². The topological polar surface area (TPSA) is 0 Å². The quantitative estimate of drug-likeness (QED) is 0.339. The molecule has 1 unspecified atom stereocenters. The van der Waals surface area contributed by atoms with E-state index < -0.39 is 0 Å². The maximum Gasteiger partial charge on any atom is 4.00 e. The minimum absolute atomic E-state index is 0. The fourth-order valence-electron chi connectivity index (χ4n) is 1.32. The van der Waals surface area contributed by atoms with Gasteiger partial charge in [0.05, 0.1) is 0 Å². The van der Waals surface area contributed by atoms with Gasteiger partial charge in [-0.25, -0.2) is 0 Å². The summed E-state index contributed by atoms with van der Waals surface area (Å²) in [7, 11) is 0. The van der Waals surface area contributed by atoms with E-state index in [9.17, 15) is 0 Å². The van der Waals surface area contributed by atoms with Crippen molar-refractivity contribution < 1.29 is 77.1 Å². The first-order chi connectivity index (χ1) is 4.88. The Hall–Kier alpha value is 1.28. The molecule has 14 heavy (non-hydrogen) atoms. The number of hydrogen-bond donors (Lipinski definition) is 0. The standard InChI is InChI=1S/C10H9.3BrH.Zr/c1-8-6-7-9-4-2-3-5-10(8)9;;;;/h2-8H,1H2;3*1H;/q-1;;;;+4/p-3. The van der Waals surface area contributed by atoms with E-state index in [-0.39, 0.29) is 77.1 Å². The van der Waals surface area contributed by atoms with Crippen LogP contribution in [0, 0.1) is 6.92 Å². The van der Waals surface area contributed by atoms with E-state index in [2.05, 4.69) is 43.3 Å². The molecular formula is C10H9Br3Zr. The summed E-state index contributed by atoms with van der Waals surface area (Å²) in [5.41, 5.74) is 2.67. The van der Waals surface area contributed by atoms with E-state index in [0.29, 0.717) is 5.92 Å². The van der Waals surface area contributed by atoms with Crippen LogP contribution < -0.4 is 50.9 Å². The summed E-state index contributed by atoms with van der Waals surface area (Å²) < 4.78 is 0. The molecule has 0 saturated carbocycles. The summed E-state index contributed by atoms with van der Waals surface area (Å²) in [6.45, 7) is 3.99. The molecule has 0 fully saturated rings. The Kier molecular flexibility index (Phi) is 14.0. The fourth-order valence-corrected chi connectivity index (χ4v) is 1.32. The predicted octanol–water partition coefficient (Wildman–Crippen LogP) is -6.36. The molecule has 0 nitrogen and oxygen atoms in total. The second kappa shape index (κ2) is 9.50. The van der Waals surface area contributed by atoms with Gasteiger partial charge in [-0.2, -0.15) is 0 Å². The van der Waals surface area contributed by atoms with Crippen molar-refractivity contribution in [3.8, 4) is 0 Å². The molecule has 1 aliphatic carbocycles. The maximum atomic E-state index is 3.99. The Labute approximate surface area is 136 Å². The van der Waals surface area contributed by atoms with Crippen molar-refractivity contribution in [3.05, 3.63) is 48.4 Å². The van der Waals surface area contributed by atoms with Gasteiger partial charge in [0.2, 0.25) is 0 Å². The minimum Gasteiger partial charge on any atom is -1.00 e. The van der Waals surface area contributed by atoms with Gasteiger partial charge in [-0.05, 0) is 5.56 Å². The van der Waals surface area contributed by atoms with Crippen LogP contribution in [0.1, 0.15) is 17.0 Å². The summed E-state index contributed by atoms with van der Waals surface area (Å²) in [5.74, 6) is 0.371. The van der Waals surface area contributed by atoms with E-state index in [1.807, 2.05) is 0 Å². The Morgan fingerprint density at radius 2 is 1.57 bits per heavy atom. The van der Waals surface area contributed by atoms with Gasteiger partial charge in [0.15, 0.2) is 0 Å². The van der Waals surface area contributed by atoms with Crippen molar-refractivity contribution in [2.45, 2.75) is 5.92 Å². The molecule has 0 aromatic heterocycles. The number of allylic oxidation sites excluding steroid dienone is 1. The monoisotopic (exact) mass is 456 g/mol. The van der Waals surface area contributed by atoms with Gasteiger partial charge in [-0.3, -0.25) is 0 Å². The van der Waals surface area contributed by atoms with Crippen molar-refractivity contribution in [3.63, 3.8) is 0 Å². The molecule has 0 radical (unpaired) electrons. The van der Waals surface area contributed by atoms with Gasteiger partial charge in [0.25, 0.3) is 0 Å². The molecule has 1 aromatic carbocycles. The average Bonchev–Trinajstić information content (AvgIpc) is 2.34. The SMILES string of the molecule is [Br-].[Br-].[Br-].[CH2-]C1C=Cc2ccccc21.[Zr+4]. The second-order valence-corrected chi connectivity index (χ2v) is 2.59. The van der Waals surface area contributed by atoms with Crippen LogP contribution in [0.25, 0.3) is 6.08 Å². The Bertz CT molecular complexity index is 286. The third-order valence-corrected chi connectivity index (χ3v) is 1.90. The van der Waals surface area contributed by atoms with Gasteiger partial charge >= 0.3 is 26.2 Å². The van der Waals surface area contributed by atoms with Crippen LogP contribution in [0.15, 0.2) is 30.3 Å². The van der Waals surface area contributed by atoms with Crippen LogP contribution in [-0.2, 0) is 26.2 Å². The van der Waals surface area contributed by atoms with Crippen LogP contribution in [0.2, 0.25) is 0 Å². The summed E-state index contributed by atoms with van der Waals surface area (Å²) in [4.78, 5) is 0. The zero-order valence-corrected chi connectivity index (χ0v) is 14.6. The van der Waals surface area contributed by atoms with Gasteiger partial charge in [0.1, 0.15) is 0 Å². The van der Waals surface area contributed by atoms with Crippen LogP contribution in [0.3, 0.4) is 0 Å². The van der Waals surface area contributed by atoms with Crippen LogP contribution >= 0.6 is 0 Å². The van der Waals surface area contributed by atoms with Crippen molar-refractivity contribution in [1.29, 1.82) is 0 Å². The number of halogens is 3. The summed E-state index contributed by atoms with van der Waals surface area (Å²) >= 11 is 0. The molecule has 0 N–H and O–H groups in total. The Morgan fingerprint density at radius 3 is 2.14 bits per heavy atom. The van der Waals surface area contributed by atoms with Crippen LogP contribution in [0.5, 0.6) is 0 Å². The normalized spacial score (nSPS) is 15.1. The van der Waals surface area contributed by atoms with Crippen molar-refractivity contribution in [2.75, 3.05) is 0 Å². The second-order valence-electron chi connectivity index (χ2n) is 2.59. The van der Waals surface area contributed by atoms with E-state index in [1.165, 1.54) is 11.1 Å². The van der Waals surface area contributed by atoms with Crippen molar-refractivity contribution >= 4 is 6.08 Å². The predicted molar refractivity (Wildman–Crippen MR) is 43.6 cm³/mol. The molecule has 0 amide bonds. The fraction of sp³-hybridized carbons (Fsp3) is 0.100. The zero-order chi connectivity index (χ0) is 6.97. The summed E-state index contributed by atoms with van der Waals surface area (Å²) in [6, 6.07) is 8.37. The van der Waals surface area contributed by atoms with E-state index in [0.717, 1.165) is 0 Å². The molecule has 0 saturated heterocycles. The molecular weight excluding hydrogens is 451 g/mol. The smallest absolute Gasteiger partial charge is 1.00 e. The van der Waals surface area contributed by atoms with Gasteiger partial charge in [-0.1, -0.05) is 35.9 Å². The largest absolute Gasteiger partial charge is 4.00 e. The van der Waals surface area contributed by atoms with E-state index in [4.69, 9.17) is 0 Å². The zero-order valence-electron chi connectivity index (χ0n) is 7.38. The first-order valence-corrected chi connectivity index (χ1v) is 3.48. The molecule has 0 spiro atoms. The summed E-state index contributed by atoms with van der Waals surface area (Å²) in [6.07, 6.45) is 4.26. The third-order valence-electron chi connectivity index (χ3n) is 1.90. The van der Waals surface area contributed by atoms with E-state index in [1.54, 1.807) is 0 Å². The first kappa shape index (κ1) is 20.7. The molecule has 2 rings (SSSR count). The number of benzene rings is 1. The molecule has 1 atom stereocenters. The average molecular weight is 460 g/mol. The van der Waals surface area contributed by atoms with E-state index >= 15 is 0 Å². The van der Waals surface area contributed by atoms with Crippen LogP contribution in [-0.4, -0.2) is 0 Å². The summed E-state index contributed by atoms with van der Waals surface area (Å²) in [5, 5.41) is 0. The van der Waals surface area contributed by atoms with Gasteiger partial charge < -0.3 is 57.9 Å². The Balaban J connectivity index is -0.000000302. The minimum atomic E-state index is 0. The number of hydrogen-bond acceptors (Lipinski definition) is 0. The molecule has 0 bridgehead atoms. The number of fused-ring (bicyclic) bond motifs is 1. The molecule has 0 heterocycles. The Morgan fingerprint density at radius 1 is 1.00 bits per heavy atom. The molecule has 0 aliphatic heterocycles. The van der Waals surface area contributed by atoms with Crippen LogP contribution in [0.4, 0.5) is 0 Å². The van der Waals surface area contributed by atoms with Crippen molar-refractivity contribution in [2.24, 2.45) is 0 Å². The number of rotatable bonds is 0. The molecule has 1 aromatic rings. The van der Waals surface area contributed by atoms with Gasteiger partial charge in [0, 0.05) is 0 Å². The molecule has 1 aliphatic rings. The third kappa shape index (κ3) is 4.42. The molecule has 4 heteroatoms. The maximum absolute atomic E-state index is 3.99. The van der Waals surface area contributed by atoms with Crippen molar-refractivity contribution in [1.82, 2.24) is 0 Å². The molecule has 74 valence electrons. The first-order valence-electron chi connectivity index (χ1n) is 3.48.